The molecule has 3 atom stereocenters. The van der Waals surface area contributed by atoms with E-state index in [-0.39, 0.29) is 0 Å². The van der Waals surface area contributed by atoms with Crippen LogP contribution in [0.5, 0.6) is 0 Å². The molecule has 4 rings (SSSR count). The van der Waals surface area contributed by atoms with Gasteiger partial charge in [0, 0.05) is 49.9 Å². The number of aromatic nitrogens is 2. The third-order valence-electron chi connectivity index (χ3n) is 5.79. The van der Waals surface area contributed by atoms with E-state index in [0.717, 1.165) is 44.2 Å². The maximum atomic E-state index is 5.94. The molecule has 2 aromatic heterocycles. The summed E-state index contributed by atoms with van der Waals surface area (Å²) in [6.07, 6.45) is 4.60. The highest BCUT2D eigenvalue weighted by atomic mass is 16.5. The van der Waals surface area contributed by atoms with E-state index in [1.54, 1.807) is 0 Å². The van der Waals surface area contributed by atoms with E-state index < -0.39 is 0 Å². The first-order chi connectivity index (χ1) is 14.2. The van der Waals surface area contributed by atoms with E-state index >= 15 is 0 Å². The van der Waals surface area contributed by atoms with Gasteiger partial charge in [0.1, 0.15) is 5.76 Å². The highest BCUT2D eigenvalue weighted by Gasteiger charge is 2.34. The van der Waals surface area contributed by atoms with Crippen LogP contribution >= 0.6 is 0 Å². The zero-order valence-electron chi connectivity index (χ0n) is 17.2. The molecule has 3 aromatic rings. The smallest absolute Gasteiger partial charge is 0.137 e. The first-order valence-corrected chi connectivity index (χ1v) is 10.4. The van der Waals surface area contributed by atoms with Gasteiger partial charge >= 0.3 is 0 Å². The number of ether oxygens (including phenoxy) is 1. The van der Waals surface area contributed by atoms with Gasteiger partial charge in [0.2, 0.25) is 0 Å². The van der Waals surface area contributed by atoms with Crippen LogP contribution in [0.2, 0.25) is 0 Å². The molecule has 0 amide bonds. The minimum absolute atomic E-state index is 0.347. The van der Waals surface area contributed by atoms with Gasteiger partial charge in [-0.15, -0.1) is 0 Å². The maximum absolute atomic E-state index is 5.94. The van der Waals surface area contributed by atoms with Crippen molar-refractivity contribution in [3.8, 4) is 0 Å². The Labute approximate surface area is 172 Å². The lowest BCUT2D eigenvalue weighted by Gasteiger charge is -2.34. The predicted octanol–water partition coefficient (Wildman–Crippen LogP) is 4.24. The number of aryl methyl sites for hydroxylation is 1. The minimum atomic E-state index is 0.347. The number of rotatable bonds is 8. The summed E-state index contributed by atoms with van der Waals surface area (Å²) in [4.78, 5) is 6.75. The highest BCUT2D eigenvalue weighted by Crippen LogP contribution is 2.28. The molecule has 0 bridgehead atoms. The van der Waals surface area contributed by atoms with E-state index in [1.165, 1.54) is 11.1 Å². The molecule has 1 aliphatic rings. The Balaban J connectivity index is 1.53. The molecule has 5 nitrogen and oxygen atoms in total. The van der Waals surface area contributed by atoms with Crippen molar-refractivity contribution in [2.24, 2.45) is 5.92 Å². The van der Waals surface area contributed by atoms with Crippen LogP contribution in [0.25, 0.3) is 0 Å². The summed E-state index contributed by atoms with van der Waals surface area (Å²) in [6.45, 7) is 7.65. The number of hydrogen-bond acceptors (Lipinski definition) is 5. The van der Waals surface area contributed by atoms with Crippen LogP contribution in [0.3, 0.4) is 0 Å². The minimum Gasteiger partial charge on any atom is -0.379 e. The van der Waals surface area contributed by atoms with Gasteiger partial charge in [0.25, 0.3) is 0 Å². The van der Waals surface area contributed by atoms with Crippen molar-refractivity contribution in [2.75, 3.05) is 19.8 Å². The molecule has 1 unspecified atom stereocenters. The Hall–Kier alpha value is -2.50. The molecule has 0 N–H and O–H groups in total. The average Bonchev–Trinajstić information content (AvgIpc) is 3.38. The molecule has 1 saturated heterocycles. The van der Waals surface area contributed by atoms with Crippen LogP contribution in [0.15, 0.2) is 65.4 Å². The Kier molecular flexibility index (Phi) is 6.37. The summed E-state index contributed by atoms with van der Waals surface area (Å²) in [7, 11) is 0. The molecule has 0 saturated carbocycles. The molecule has 0 aliphatic carbocycles. The SMILES string of the molecule is Cc1cc(C[C@@H]2COC[C@H]2N(Cc2ccncc2)CC(C)c2ccccc2)on1. The topological polar surface area (TPSA) is 51.4 Å². The molecule has 152 valence electrons. The van der Waals surface area contributed by atoms with Crippen molar-refractivity contribution in [2.45, 2.75) is 38.8 Å². The lowest BCUT2D eigenvalue weighted by molar-refractivity contribution is 0.128. The van der Waals surface area contributed by atoms with Crippen molar-refractivity contribution in [3.63, 3.8) is 0 Å². The third kappa shape index (κ3) is 5.11. The fourth-order valence-electron chi connectivity index (χ4n) is 4.24. The van der Waals surface area contributed by atoms with Crippen LogP contribution in [0, 0.1) is 12.8 Å². The Morgan fingerprint density at radius 1 is 1.10 bits per heavy atom. The molecule has 1 fully saturated rings. The van der Waals surface area contributed by atoms with Gasteiger partial charge in [-0.2, -0.15) is 0 Å². The molecule has 1 aliphatic heterocycles. The van der Waals surface area contributed by atoms with E-state index in [2.05, 4.69) is 64.4 Å². The number of pyridine rings is 1. The van der Waals surface area contributed by atoms with Crippen molar-refractivity contribution >= 4 is 0 Å². The van der Waals surface area contributed by atoms with Crippen LogP contribution in [-0.2, 0) is 17.7 Å². The third-order valence-corrected chi connectivity index (χ3v) is 5.79. The predicted molar refractivity (Wildman–Crippen MR) is 113 cm³/mol. The Morgan fingerprint density at radius 2 is 1.90 bits per heavy atom. The fourth-order valence-corrected chi connectivity index (χ4v) is 4.24. The fraction of sp³-hybridized carbons (Fsp3) is 0.417. The number of hydrogen-bond donors (Lipinski definition) is 0. The number of nitrogens with zero attached hydrogens (tertiary/aromatic N) is 3. The first-order valence-electron chi connectivity index (χ1n) is 10.4. The number of benzene rings is 1. The van der Waals surface area contributed by atoms with Gasteiger partial charge in [-0.3, -0.25) is 9.88 Å². The van der Waals surface area contributed by atoms with Crippen LogP contribution in [0.1, 0.15) is 35.4 Å². The Bertz CT molecular complexity index is 881. The normalized spacial score (nSPS) is 20.2. The van der Waals surface area contributed by atoms with Gasteiger partial charge < -0.3 is 9.26 Å². The summed E-state index contributed by atoms with van der Waals surface area (Å²) in [5.41, 5.74) is 3.58. The lowest BCUT2D eigenvalue weighted by atomic mass is 9.94. The second kappa shape index (κ2) is 9.33. The second-order valence-electron chi connectivity index (χ2n) is 8.10. The van der Waals surface area contributed by atoms with Gasteiger partial charge in [-0.1, -0.05) is 42.4 Å². The largest absolute Gasteiger partial charge is 0.379 e. The molecule has 5 heteroatoms. The molecule has 0 radical (unpaired) electrons. The van der Waals surface area contributed by atoms with Crippen LogP contribution < -0.4 is 0 Å². The van der Waals surface area contributed by atoms with E-state index in [9.17, 15) is 0 Å². The summed E-state index contributed by atoms with van der Waals surface area (Å²) in [5, 5.41) is 4.05. The van der Waals surface area contributed by atoms with E-state index in [4.69, 9.17) is 9.26 Å². The van der Waals surface area contributed by atoms with Gasteiger partial charge in [-0.05, 0) is 36.1 Å². The first kappa shape index (κ1) is 19.8. The molecule has 1 aromatic carbocycles. The van der Waals surface area contributed by atoms with Crippen molar-refractivity contribution < 1.29 is 9.26 Å². The summed E-state index contributed by atoms with van der Waals surface area (Å²) in [6, 6.07) is 17.3. The van der Waals surface area contributed by atoms with Crippen molar-refractivity contribution in [1.82, 2.24) is 15.0 Å². The molecule has 29 heavy (non-hydrogen) atoms. The van der Waals surface area contributed by atoms with E-state index in [0.29, 0.717) is 17.9 Å². The summed E-state index contributed by atoms with van der Waals surface area (Å²) >= 11 is 0. The molecular formula is C24H29N3O2. The average molecular weight is 392 g/mol. The van der Waals surface area contributed by atoms with E-state index in [1.807, 2.05) is 25.4 Å². The lowest BCUT2D eigenvalue weighted by Crippen LogP contribution is -2.42. The van der Waals surface area contributed by atoms with Crippen LogP contribution in [0.4, 0.5) is 0 Å². The second-order valence-corrected chi connectivity index (χ2v) is 8.10. The molecule has 3 heterocycles. The summed E-state index contributed by atoms with van der Waals surface area (Å²) in [5.74, 6) is 1.78. The maximum Gasteiger partial charge on any atom is 0.137 e. The van der Waals surface area contributed by atoms with Gasteiger partial charge in [0.05, 0.1) is 18.9 Å². The van der Waals surface area contributed by atoms with Gasteiger partial charge in [0.15, 0.2) is 0 Å². The summed E-state index contributed by atoms with van der Waals surface area (Å²) < 4.78 is 11.4. The molecular weight excluding hydrogens is 362 g/mol. The van der Waals surface area contributed by atoms with Crippen molar-refractivity contribution in [3.05, 3.63) is 83.5 Å². The Morgan fingerprint density at radius 3 is 2.62 bits per heavy atom. The molecule has 0 spiro atoms. The van der Waals surface area contributed by atoms with Crippen LogP contribution in [-0.4, -0.2) is 40.8 Å². The zero-order valence-corrected chi connectivity index (χ0v) is 17.2. The quantitative estimate of drug-likeness (QED) is 0.575. The standard InChI is InChI=1S/C24H29N3O2/c1-18(21-6-4-3-5-7-21)14-27(15-20-8-10-25-11-9-20)24-17-28-16-22(24)13-23-12-19(2)26-29-23/h3-12,18,22,24H,13-17H2,1-2H3/t18?,22-,24-/m1/s1. The van der Waals surface area contributed by atoms with Gasteiger partial charge in [-0.25, -0.2) is 0 Å². The monoisotopic (exact) mass is 391 g/mol. The van der Waals surface area contributed by atoms with Crippen molar-refractivity contribution in [1.29, 1.82) is 0 Å². The highest BCUT2D eigenvalue weighted by molar-refractivity contribution is 5.19. The zero-order chi connectivity index (χ0) is 20.1.